The molecule has 10 heteroatoms. The molecule has 0 saturated heterocycles. The summed E-state index contributed by atoms with van der Waals surface area (Å²) in [5.41, 5.74) is 2.15. The number of aromatic nitrogens is 3. The second kappa shape index (κ2) is 10.3. The van der Waals surface area contributed by atoms with Crippen LogP contribution in [0, 0.1) is 11.3 Å². The number of pyridine rings is 3. The lowest BCUT2D eigenvalue weighted by molar-refractivity contribution is -0.126. The van der Waals surface area contributed by atoms with E-state index in [9.17, 15) is 9.59 Å². The minimum Gasteiger partial charge on any atom is -0.479 e. The Bertz CT molecular complexity index is 1180. The summed E-state index contributed by atoms with van der Waals surface area (Å²) in [5, 5.41) is 14.3. The molecular formula is C22H19ClN6O3. The van der Waals surface area contributed by atoms with Gasteiger partial charge in [0.25, 0.3) is 5.91 Å². The maximum atomic E-state index is 12.4. The molecule has 3 aromatic rings. The van der Waals surface area contributed by atoms with Crippen LogP contribution in [-0.4, -0.2) is 39.9 Å². The van der Waals surface area contributed by atoms with Crippen molar-refractivity contribution in [3.63, 3.8) is 0 Å². The zero-order chi connectivity index (χ0) is 23.1. The van der Waals surface area contributed by atoms with Gasteiger partial charge in [-0.25, -0.2) is 9.97 Å². The van der Waals surface area contributed by atoms with E-state index in [2.05, 4.69) is 25.6 Å². The zero-order valence-corrected chi connectivity index (χ0v) is 18.1. The van der Waals surface area contributed by atoms with Crippen molar-refractivity contribution >= 4 is 29.2 Å². The fraction of sp³-hybridized carbons (Fsp3) is 0.182. The number of halogens is 1. The first kappa shape index (κ1) is 22.7. The SMILES string of the molecule is CNC(=O)C(C)Oc1cc(NC(=O)Cc2ccc(-c3cccc(C#N)n3)nc2)ncc1Cl. The molecule has 3 heterocycles. The number of rotatable bonds is 7. The second-order valence-electron chi connectivity index (χ2n) is 6.67. The molecule has 0 saturated carbocycles. The summed E-state index contributed by atoms with van der Waals surface area (Å²) >= 11 is 6.08. The van der Waals surface area contributed by atoms with Gasteiger partial charge in [0.15, 0.2) is 6.10 Å². The molecule has 0 spiro atoms. The molecule has 32 heavy (non-hydrogen) atoms. The Morgan fingerprint density at radius 2 is 2.00 bits per heavy atom. The Morgan fingerprint density at radius 1 is 1.19 bits per heavy atom. The van der Waals surface area contributed by atoms with Crippen molar-refractivity contribution in [1.29, 1.82) is 5.26 Å². The quantitative estimate of drug-likeness (QED) is 0.566. The number of amides is 2. The van der Waals surface area contributed by atoms with E-state index >= 15 is 0 Å². The zero-order valence-electron chi connectivity index (χ0n) is 17.3. The molecule has 0 aliphatic rings. The maximum absolute atomic E-state index is 12.4. The van der Waals surface area contributed by atoms with E-state index in [1.807, 2.05) is 6.07 Å². The van der Waals surface area contributed by atoms with Gasteiger partial charge in [-0.2, -0.15) is 5.26 Å². The first-order valence-corrected chi connectivity index (χ1v) is 9.93. The Balaban J connectivity index is 1.65. The van der Waals surface area contributed by atoms with Crippen molar-refractivity contribution in [3.8, 4) is 23.2 Å². The molecule has 0 radical (unpaired) electrons. The van der Waals surface area contributed by atoms with E-state index in [0.29, 0.717) is 22.6 Å². The number of nitrogens with one attached hydrogen (secondary N) is 2. The van der Waals surface area contributed by atoms with E-state index < -0.39 is 6.10 Å². The van der Waals surface area contributed by atoms with Gasteiger partial charge in [-0.3, -0.25) is 14.6 Å². The lowest BCUT2D eigenvalue weighted by atomic mass is 10.1. The van der Waals surface area contributed by atoms with E-state index in [1.165, 1.54) is 19.3 Å². The minimum atomic E-state index is -0.767. The first-order chi connectivity index (χ1) is 15.4. The standard InChI is InChI=1S/C22H19ClN6O3/c1-13(22(31)25-2)32-19-9-20(27-12-16(19)23)29-21(30)8-14-6-7-17(26-11-14)18-5-3-4-15(10-24)28-18/h3-7,9,11-13H,8H2,1-2H3,(H,25,31)(H,27,29,30). The molecule has 0 aromatic carbocycles. The summed E-state index contributed by atoms with van der Waals surface area (Å²) in [6.45, 7) is 1.58. The van der Waals surface area contributed by atoms with E-state index in [4.69, 9.17) is 21.6 Å². The molecule has 0 aliphatic heterocycles. The third-order valence-electron chi connectivity index (χ3n) is 4.32. The van der Waals surface area contributed by atoms with Crippen molar-refractivity contribution in [1.82, 2.24) is 20.3 Å². The van der Waals surface area contributed by atoms with Crippen molar-refractivity contribution < 1.29 is 14.3 Å². The van der Waals surface area contributed by atoms with Gasteiger partial charge in [-0.15, -0.1) is 0 Å². The summed E-state index contributed by atoms with van der Waals surface area (Å²) in [7, 11) is 1.50. The Labute approximate surface area is 189 Å². The van der Waals surface area contributed by atoms with Crippen molar-refractivity contribution in [3.05, 3.63) is 65.1 Å². The van der Waals surface area contributed by atoms with Gasteiger partial charge in [0.05, 0.1) is 24.0 Å². The summed E-state index contributed by atoms with van der Waals surface area (Å²) in [5.74, 6) is -0.162. The largest absolute Gasteiger partial charge is 0.479 e. The predicted molar refractivity (Wildman–Crippen MR) is 118 cm³/mol. The number of carbonyl (C=O) groups excluding carboxylic acids is 2. The van der Waals surface area contributed by atoms with Crippen molar-refractivity contribution in [2.24, 2.45) is 0 Å². The van der Waals surface area contributed by atoms with Gasteiger partial charge in [-0.05, 0) is 30.7 Å². The van der Waals surface area contributed by atoms with Gasteiger partial charge >= 0.3 is 0 Å². The van der Waals surface area contributed by atoms with Crippen LogP contribution in [0.4, 0.5) is 5.82 Å². The number of hydrogen-bond donors (Lipinski definition) is 2. The number of nitrogens with zero attached hydrogens (tertiary/aromatic N) is 4. The minimum absolute atomic E-state index is 0.0636. The molecule has 0 aliphatic carbocycles. The highest BCUT2D eigenvalue weighted by Crippen LogP contribution is 2.27. The lowest BCUT2D eigenvalue weighted by Gasteiger charge is -2.15. The average molecular weight is 451 g/mol. The number of hydrogen-bond acceptors (Lipinski definition) is 7. The summed E-state index contributed by atoms with van der Waals surface area (Å²) in [4.78, 5) is 36.7. The molecule has 1 unspecified atom stereocenters. The molecule has 0 fully saturated rings. The molecule has 0 bridgehead atoms. The lowest BCUT2D eigenvalue weighted by Crippen LogP contribution is -2.33. The average Bonchev–Trinajstić information content (AvgIpc) is 2.81. The van der Waals surface area contributed by atoms with Crippen LogP contribution in [0.5, 0.6) is 5.75 Å². The number of carbonyl (C=O) groups is 2. The van der Waals surface area contributed by atoms with E-state index in [1.54, 1.807) is 43.5 Å². The van der Waals surface area contributed by atoms with Crippen LogP contribution < -0.4 is 15.4 Å². The van der Waals surface area contributed by atoms with Gasteiger partial charge in [-0.1, -0.05) is 23.7 Å². The fourth-order valence-corrected chi connectivity index (χ4v) is 2.87. The molecule has 3 rings (SSSR count). The molecule has 1 atom stereocenters. The van der Waals surface area contributed by atoms with Gasteiger partial charge in [0.1, 0.15) is 28.4 Å². The van der Waals surface area contributed by atoms with Crippen LogP contribution in [0.3, 0.4) is 0 Å². The third-order valence-corrected chi connectivity index (χ3v) is 4.61. The Morgan fingerprint density at radius 3 is 2.69 bits per heavy atom. The predicted octanol–water partition coefficient (Wildman–Crippen LogP) is 2.76. The van der Waals surface area contributed by atoms with Crippen LogP contribution in [0.1, 0.15) is 18.2 Å². The molecular weight excluding hydrogens is 432 g/mol. The highest BCUT2D eigenvalue weighted by atomic mass is 35.5. The first-order valence-electron chi connectivity index (χ1n) is 9.55. The topological polar surface area (TPSA) is 130 Å². The smallest absolute Gasteiger partial charge is 0.260 e. The number of anilines is 1. The van der Waals surface area contributed by atoms with E-state index in [-0.39, 0.29) is 34.8 Å². The Hall–Kier alpha value is -4.03. The highest BCUT2D eigenvalue weighted by Gasteiger charge is 2.16. The van der Waals surface area contributed by atoms with Crippen LogP contribution >= 0.6 is 11.6 Å². The van der Waals surface area contributed by atoms with Crippen LogP contribution in [-0.2, 0) is 16.0 Å². The monoisotopic (exact) mass is 450 g/mol. The summed E-state index contributed by atoms with van der Waals surface area (Å²) in [6, 6.07) is 12.0. The number of nitriles is 1. The molecule has 162 valence electrons. The normalized spacial score (nSPS) is 11.2. The van der Waals surface area contributed by atoms with Crippen LogP contribution in [0.15, 0.2) is 48.8 Å². The number of ether oxygens (including phenoxy) is 1. The van der Waals surface area contributed by atoms with Crippen molar-refractivity contribution in [2.45, 2.75) is 19.4 Å². The van der Waals surface area contributed by atoms with Crippen LogP contribution in [0.2, 0.25) is 5.02 Å². The second-order valence-corrected chi connectivity index (χ2v) is 7.08. The van der Waals surface area contributed by atoms with Crippen molar-refractivity contribution in [2.75, 3.05) is 12.4 Å². The molecule has 2 amide bonds. The maximum Gasteiger partial charge on any atom is 0.260 e. The summed E-state index contributed by atoms with van der Waals surface area (Å²) in [6.07, 6.45) is 2.21. The summed E-state index contributed by atoms with van der Waals surface area (Å²) < 4.78 is 5.54. The van der Waals surface area contributed by atoms with Gasteiger partial charge in [0, 0.05) is 19.3 Å². The third kappa shape index (κ3) is 5.77. The van der Waals surface area contributed by atoms with Gasteiger partial charge in [0.2, 0.25) is 5.91 Å². The fourth-order valence-electron chi connectivity index (χ4n) is 2.72. The molecule has 2 N–H and O–H groups in total. The van der Waals surface area contributed by atoms with E-state index in [0.717, 1.165) is 0 Å². The van der Waals surface area contributed by atoms with Gasteiger partial charge < -0.3 is 15.4 Å². The molecule has 3 aromatic heterocycles. The molecule has 9 nitrogen and oxygen atoms in total. The number of likely N-dealkylation sites (N-methyl/N-ethyl adjacent to an activating group) is 1. The van der Waals surface area contributed by atoms with Crippen LogP contribution in [0.25, 0.3) is 11.4 Å². The highest BCUT2D eigenvalue weighted by molar-refractivity contribution is 6.32. The Kier molecular flexibility index (Phi) is 7.31.